The van der Waals surface area contributed by atoms with E-state index in [0.29, 0.717) is 0 Å². The monoisotopic (exact) mass is 139 g/mol. The van der Waals surface area contributed by atoms with Gasteiger partial charge in [-0.15, -0.1) is 0 Å². The number of aliphatic hydroxyl groups is 1. The highest BCUT2D eigenvalue weighted by Gasteiger charge is 2.03. The Morgan fingerprint density at radius 3 is 2.70 bits per heavy atom. The van der Waals surface area contributed by atoms with Crippen LogP contribution in [0.15, 0.2) is 6.20 Å². The molecule has 2 nitrogen and oxygen atoms in total. The van der Waals surface area contributed by atoms with Gasteiger partial charge in [0.1, 0.15) is 0 Å². The molecule has 1 aromatic rings. The molecule has 0 fully saturated rings. The number of aryl methyl sites for hydroxylation is 1. The van der Waals surface area contributed by atoms with Gasteiger partial charge in [-0.2, -0.15) is 0 Å². The maximum absolute atomic E-state index is 8.83. The first-order valence-corrected chi connectivity index (χ1v) is 3.56. The smallest absolute Gasteiger partial charge is 0.0833 e. The van der Waals surface area contributed by atoms with Crippen molar-refractivity contribution >= 4 is 0 Å². The Morgan fingerprint density at radius 1 is 1.60 bits per heavy atom. The molecule has 10 heavy (non-hydrogen) atoms. The zero-order valence-electron chi connectivity index (χ0n) is 6.44. The summed E-state index contributed by atoms with van der Waals surface area (Å²) < 4.78 is 0. The quantitative estimate of drug-likeness (QED) is 0.638. The lowest BCUT2D eigenvalue weighted by Gasteiger charge is -1.96. The van der Waals surface area contributed by atoms with Crippen molar-refractivity contribution in [2.45, 2.75) is 26.9 Å². The molecule has 0 bridgehead atoms. The third kappa shape index (κ3) is 1.07. The van der Waals surface area contributed by atoms with Crippen molar-refractivity contribution < 1.29 is 5.11 Å². The van der Waals surface area contributed by atoms with Gasteiger partial charge in [0.15, 0.2) is 0 Å². The predicted octanol–water partition coefficient (Wildman–Crippen LogP) is 1.38. The molecule has 0 spiro atoms. The number of H-pyrrole nitrogens is 1. The molecule has 0 aliphatic carbocycles. The first-order valence-electron chi connectivity index (χ1n) is 3.56. The Balaban J connectivity index is 3.01. The maximum Gasteiger partial charge on any atom is 0.0833 e. The van der Waals surface area contributed by atoms with E-state index in [1.807, 2.05) is 6.20 Å². The van der Waals surface area contributed by atoms with E-state index in [9.17, 15) is 0 Å². The first-order chi connectivity index (χ1) is 4.79. The lowest BCUT2D eigenvalue weighted by molar-refractivity contribution is 0.276. The normalized spacial score (nSPS) is 10.3. The standard InChI is InChI=1S/C8H13NO/c1-3-7-6(2)4-9-8(7)5-10/h4,9-10H,3,5H2,1-2H3. The van der Waals surface area contributed by atoms with E-state index in [1.54, 1.807) is 0 Å². The summed E-state index contributed by atoms with van der Waals surface area (Å²) in [5.41, 5.74) is 3.45. The van der Waals surface area contributed by atoms with E-state index in [2.05, 4.69) is 18.8 Å². The van der Waals surface area contributed by atoms with Gasteiger partial charge >= 0.3 is 0 Å². The van der Waals surface area contributed by atoms with Crippen LogP contribution in [0.25, 0.3) is 0 Å². The summed E-state index contributed by atoms with van der Waals surface area (Å²) in [7, 11) is 0. The van der Waals surface area contributed by atoms with Gasteiger partial charge in [-0.25, -0.2) is 0 Å². The van der Waals surface area contributed by atoms with Crippen LogP contribution in [-0.4, -0.2) is 10.1 Å². The number of nitrogens with one attached hydrogen (secondary N) is 1. The Kier molecular flexibility index (Phi) is 2.12. The number of aromatic amines is 1. The van der Waals surface area contributed by atoms with Crippen molar-refractivity contribution in [2.75, 3.05) is 0 Å². The fourth-order valence-corrected chi connectivity index (χ4v) is 1.24. The first kappa shape index (κ1) is 7.35. The van der Waals surface area contributed by atoms with Gasteiger partial charge in [0, 0.05) is 11.9 Å². The maximum atomic E-state index is 8.83. The topological polar surface area (TPSA) is 36.0 Å². The molecule has 56 valence electrons. The van der Waals surface area contributed by atoms with Gasteiger partial charge in [0.2, 0.25) is 0 Å². The SMILES string of the molecule is CCc1c(C)c[nH]c1CO. The van der Waals surface area contributed by atoms with Crippen LogP contribution in [0, 0.1) is 6.92 Å². The summed E-state index contributed by atoms with van der Waals surface area (Å²) >= 11 is 0. The van der Waals surface area contributed by atoms with Crippen LogP contribution in [0.2, 0.25) is 0 Å². The van der Waals surface area contributed by atoms with Crippen LogP contribution in [0.4, 0.5) is 0 Å². The zero-order valence-corrected chi connectivity index (χ0v) is 6.44. The highest BCUT2D eigenvalue weighted by Crippen LogP contribution is 2.12. The fourth-order valence-electron chi connectivity index (χ4n) is 1.24. The van der Waals surface area contributed by atoms with E-state index in [1.165, 1.54) is 11.1 Å². The van der Waals surface area contributed by atoms with Crippen LogP contribution in [0.1, 0.15) is 23.7 Å². The largest absolute Gasteiger partial charge is 0.390 e. The van der Waals surface area contributed by atoms with Gasteiger partial charge in [0.25, 0.3) is 0 Å². The highest BCUT2D eigenvalue weighted by molar-refractivity contribution is 5.29. The van der Waals surface area contributed by atoms with Crippen LogP contribution in [0.5, 0.6) is 0 Å². The number of hydrogen-bond donors (Lipinski definition) is 2. The molecular weight excluding hydrogens is 126 g/mol. The van der Waals surface area contributed by atoms with Crippen LogP contribution in [-0.2, 0) is 13.0 Å². The molecular formula is C8H13NO. The van der Waals surface area contributed by atoms with Crippen LogP contribution in [0.3, 0.4) is 0 Å². The molecule has 1 heterocycles. The second kappa shape index (κ2) is 2.88. The van der Waals surface area contributed by atoms with Crippen molar-refractivity contribution in [1.82, 2.24) is 4.98 Å². The molecule has 0 atom stereocenters. The summed E-state index contributed by atoms with van der Waals surface area (Å²) in [6.07, 6.45) is 2.93. The van der Waals surface area contributed by atoms with Gasteiger partial charge in [0.05, 0.1) is 6.61 Å². The lowest BCUT2D eigenvalue weighted by Crippen LogP contribution is -1.89. The summed E-state index contributed by atoms with van der Waals surface area (Å²) in [6.45, 7) is 4.26. The summed E-state index contributed by atoms with van der Waals surface area (Å²) in [5, 5.41) is 8.83. The predicted molar refractivity (Wildman–Crippen MR) is 40.8 cm³/mol. The molecule has 0 aromatic carbocycles. The Hall–Kier alpha value is -0.760. The summed E-state index contributed by atoms with van der Waals surface area (Å²) in [4.78, 5) is 3.02. The minimum absolute atomic E-state index is 0.122. The molecule has 0 unspecified atom stereocenters. The third-order valence-corrected chi connectivity index (χ3v) is 1.81. The molecule has 2 N–H and O–H groups in total. The number of rotatable bonds is 2. The highest BCUT2D eigenvalue weighted by atomic mass is 16.3. The second-order valence-corrected chi connectivity index (χ2v) is 2.44. The Bertz CT molecular complexity index is 215. The molecule has 1 rings (SSSR count). The van der Waals surface area contributed by atoms with Gasteiger partial charge < -0.3 is 10.1 Å². The molecule has 0 aliphatic heterocycles. The molecule has 0 amide bonds. The van der Waals surface area contributed by atoms with Gasteiger partial charge in [-0.3, -0.25) is 0 Å². The summed E-state index contributed by atoms with van der Waals surface area (Å²) in [5.74, 6) is 0. The summed E-state index contributed by atoms with van der Waals surface area (Å²) in [6, 6.07) is 0. The molecule has 0 saturated heterocycles. The van der Waals surface area contributed by atoms with E-state index >= 15 is 0 Å². The van der Waals surface area contributed by atoms with Crippen LogP contribution < -0.4 is 0 Å². The minimum atomic E-state index is 0.122. The Morgan fingerprint density at radius 2 is 2.30 bits per heavy atom. The van der Waals surface area contributed by atoms with E-state index in [-0.39, 0.29) is 6.61 Å². The third-order valence-electron chi connectivity index (χ3n) is 1.81. The number of hydrogen-bond acceptors (Lipinski definition) is 1. The van der Waals surface area contributed by atoms with Crippen molar-refractivity contribution in [2.24, 2.45) is 0 Å². The van der Waals surface area contributed by atoms with Crippen molar-refractivity contribution in [1.29, 1.82) is 0 Å². The molecule has 0 aliphatic rings. The van der Waals surface area contributed by atoms with Crippen molar-refractivity contribution in [3.8, 4) is 0 Å². The Labute approximate surface area is 60.9 Å². The molecule has 1 aromatic heterocycles. The molecule has 0 radical (unpaired) electrons. The number of aliphatic hydroxyl groups excluding tert-OH is 1. The van der Waals surface area contributed by atoms with E-state index < -0.39 is 0 Å². The second-order valence-electron chi connectivity index (χ2n) is 2.44. The average Bonchev–Trinajstić information content (AvgIpc) is 2.30. The van der Waals surface area contributed by atoms with Gasteiger partial charge in [-0.1, -0.05) is 6.92 Å². The van der Waals surface area contributed by atoms with Gasteiger partial charge in [-0.05, 0) is 24.5 Å². The van der Waals surface area contributed by atoms with E-state index in [4.69, 9.17) is 5.11 Å². The van der Waals surface area contributed by atoms with Crippen LogP contribution >= 0.6 is 0 Å². The fraction of sp³-hybridized carbons (Fsp3) is 0.500. The molecule has 0 saturated carbocycles. The average molecular weight is 139 g/mol. The minimum Gasteiger partial charge on any atom is -0.390 e. The molecule has 2 heteroatoms. The van der Waals surface area contributed by atoms with Crippen molar-refractivity contribution in [3.05, 3.63) is 23.0 Å². The van der Waals surface area contributed by atoms with Crippen molar-refractivity contribution in [3.63, 3.8) is 0 Å². The number of aromatic nitrogens is 1. The van der Waals surface area contributed by atoms with E-state index in [0.717, 1.165) is 12.1 Å². The lowest BCUT2D eigenvalue weighted by atomic mass is 10.1. The zero-order chi connectivity index (χ0) is 7.56.